The fraction of sp³-hybridized carbons (Fsp3) is 0.714. The van der Waals surface area contributed by atoms with Crippen molar-refractivity contribution in [2.45, 2.75) is 135 Å². The van der Waals surface area contributed by atoms with Crippen molar-refractivity contribution < 1.29 is 53.4 Å². The summed E-state index contributed by atoms with van der Waals surface area (Å²) in [4.78, 5) is 47.9. The number of nitrogens with zero attached hydrogens (tertiary/aromatic N) is 2. The molecule has 0 radical (unpaired) electrons. The summed E-state index contributed by atoms with van der Waals surface area (Å²) in [5.74, 6) is -5.58. The van der Waals surface area contributed by atoms with Gasteiger partial charge in [-0.1, -0.05) is 45.9 Å². The van der Waals surface area contributed by atoms with E-state index in [9.17, 15) is 29.7 Å². The maximum atomic E-state index is 14.5. The average Bonchev–Trinajstić information content (AvgIpc) is 3.15. The SMILES string of the molecule is CC[C@H]1OC(=O)[C@H](C)[C@@H](O)[C@@H](C)[C@@H](O[C@@H]2O[C@H](C)C[C@H](N(C)C)[C@H]2O)[C@](C)(OC)C[C@@H](C)C(=O)C(C)[C@H](CCOC(=O)c2ccnc3ccccc23)[C@]1(C)O. The molecule has 1 unspecified atom stereocenters. The van der Waals surface area contributed by atoms with Gasteiger partial charge in [0, 0.05) is 48.4 Å². The van der Waals surface area contributed by atoms with Gasteiger partial charge in [0.1, 0.15) is 23.6 Å². The summed E-state index contributed by atoms with van der Waals surface area (Å²) in [6.07, 6.45) is -3.17. The highest BCUT2D eigenvalue weighted by Crippen LogP contribution is 2.41. The molecule has 0 amide bonds. The number of para-hydroxylation sites is 1. The number of Topliss-reactive ketones (excluding diaryl/α,β-unsaturated/α-hetero) is 1. The zero-order valence-corrected chi connectivity index (χ0v) is 34.4. The van der Waals surface area contributed by atoms with Gasteiger partial charge in [-0.15, -0.1) is 0 Å². The number of aliphatic hydroxyl groups is 3. The number of hydrogen-bond donors (Lipinski definition) is 3. The van der Waals surface area contributed by atoms with Crippen LogP contribution in [-0.4, -0.2) is 125 Å². The third kappa shape index (κ3) is 9.75. The van der Waals surface area contributed by atoms with Crippen LogP contribution in [0.25, 0.3) is 10.9 Å². The number of aromatic nitrogens is 1. The van der Waals surface area contributed by atoms with Crippen molar-refractivity contribution in [1.29, 1.82) is 0 Å². The van der Waals surface area contributed by atoms with E-state index < -0.39 is 83.4 Å². The van der Waals surface area contributed by atoms with Crippen LogP contribution in [0.5, 0.6) is 0 Å². The largest absolute Gasteiger partial charge is 0.462 e. The number of esters is 2. The van der Waals surface area contributed by atoms with Crippen LogP contribution in [0.3, 0.4) is 0 Å². The summed E-state index contributed by atoms with van der Waals surface area (Å²) in [7, 11) is 5.25. The van der Waals surface area contributed by atoms with E-state index in [0.29, 0.717) is 22.9 Å². The van der Waals surface area contributed by atoms with Crippen molar-refractivity contribution in [3.8, 4) is 0 Å². The number of carbonyl (C=O) groups is 3. The molecular formula is C42H64N2O11. The maximum absolute atomic E-state index is 14.5. The smallest absolute Gasteiger partial charge is 0.338 e. The number of cyclic esters (lactones) is 1. The number of pyridine rings is 1. The van der Waals surface area contributed by atoms with Crippen molar-refractivity contribution in [2.75, 3.05) is 27.8 Å². The Kier molecular flexibility index (Phi) is 15.0. The quantitative estimate of drug-likeness (QED) is 0.303. The van der Waals surface area contributed by atoms with Crippen LogP contribution in [0.2, 0.25) is 0 Å². The fourth-order valence-electron chi connectivity index (χ4n) is 8.85. The molecular weight excluding hydrogens is 708 g/mol. The normalized spacial score (nSPS) is 38.4. The molecule has 0 bridgehead atoms. The number of aliphatic hydroxyl groups excluding tert-OH is 2. The van der Waals surface area contributed by atoms with Crippen molar-refractivity contribution >= 4 is 28.6 Å². The molecule has 1 aromatic carbocycles. The summed E-state index contributed by atoms with van der Waals surface area (Å²) in [5, 5.41) is 36.1. The Bertz CT molecular complexity index is 1610. The molecule has 55 heavy (non-hydrogen) atoms. The number of methoxy groups -OCH3 is 1. The van der Waals surface area contributed by atoms with E-state index in [-0.39, 0.29) is 43.8 Å². The summed E-state index contributed by atoms with van der Waals surface area (Å²) in [6, 6.07) is 8.55. The van der Waals surface area contributed by atoms with Gasteiger partial charge in [-0.2, -0.15) is 0 Å². The summed E-state index contributed by atoms with van der Waals surface area (Å²) >= 11 is 0. The molecule has 2 saturated heterocycles. The maximum Gasteiger partial charge on any atom is 0.338 e. The molecule has 2 aliphatic heterocycles. The minimum Gasteiger partial charge on any atom is -0.462 e. The minimum absolute atomic E-state index is 0.0834. The second-order valence-electron chi connectivity index (χ2n) is 16.5. The predicted octanol–water partition coefficient (Wildman–Crippen LogP) is 4.57. The van der Waals surface area contributed by atoms with Gasteiger partial charge in [0.2, 0.25) is 0 Å². The Morgan fingerprint density at radius 2 is 1.69 bits per heavy atom. The van der Waals surface area contributed by atoms with Crippen LogP contribution in [0.4, 0.5) is 0 Å². The lowest BCUT2D eigenvalue weighted by Gasteiger charge is -2.48. The molecule has 0 aliphatic carbocycles. The number of ketones is 1. The summed E-state index contributed by atoms with van der Waals surface area (Å²) in [5.41, 5.74) is -1.98. The van der Waals surface area contributed by atoms with Gasteiger partial charge in [-0.3, -0.25) is 14.6 Å². The van der Waals surface area contributed by atoms with Crippen LogP contribution in [0.1, 0.15) is 91.4 Å². The van der Waals surface area contributed by atoms with Crippen molar-refractivity contribution in [2.24, 2.45) is 29.6 Å². The number of hydrogen-bond acceptors (Lipinski definition) is 13. The Morgan fingerprint density at radius 1 is 1.02 bits per heavy atom. The van der Waals surface area contributed by atoms with Crippen molar-refractivity contribution in [3.63, 3.8) is 0 Å². The first-order valence-electron chi connectivity index (χ1n) is 19.6. The Labute approximate surface area is 326 Å². The lowest BCUT2D eigenvalue weighted by atomic mass is 9.69. The van der Waals surface area contributed by atoms with Crippen LogP contribution < -0.4 is 0 Å². The molecule has 2 fully saturated rings. The van der Waals surface area contributed by atoms with E-state index in [1.807, 2.05) is 38.1 Å². The molecule has 2 aliphatic rings. The van der Waals surface area contributed by atoms with E-state index in [4.69, 9.17) is 23.7 Å². The highest BCUT2D eigenvalue weighted by atomic mass is 16.7. The van der Waals surface area contributed by atoms with Gasteiger partial charge in [0.05, 0.1) is 47.5 Å². The van der Waals surface area contributed by atoms with Gasteiger partial charge in [-0.25, -0.2) is 4.79 Å². The zero-order valence-electron chi connectivity index (χ0n) is 34.4. The average molecular weight is 773 g/mol. The monoisotopic (exact) mass is 772 g/mol. The number of fused-ring (bicyclic) bond motifs is 1. The van der Waals surface area contributed by atoms with Gasteiger partial charge in [0.15, 0.2) is 6.29 Å². The van der Waals surface area contributed by atoms with Gasteiger partial charge in [-0.05, 0) is 79.6 Å². The lowest BCUT2D eigenvalue weighted by molar-refractivity contribution is -0.301. The summed E-state index contributed by atoms with van der Waals surface area (Å²) < 4.78 is 30.7. The molecule has 4 rings (SSSR count). The Balaban J connectivity index is 1.69. The molecule has 1 aromatic heterocycles. The number of carbonyl (C=O) groups excluding carboxylic acids is 3. The molecule has 0 spiro atoms. The number of benzene rings is 1. The van der Waals surface area contributed by atoms with Crippen LogP contribution in [0.15, 0.2) is 36.5 Å². The van der Waals surface area contributed by atoms with Crippen molar-refractivity contribution in [3.05, 3.63) is 42.1 Å². The zero-order chi connectivity index (χ0) is 41.0. The molecule has 13 heteroatoms. The van der Waals surface area contributed by atoms with Gasteiger partial charge >= 0.3 is 11.9 Å². The molecule has 3 heterocycles. The predicted molar refractivity (Wildman–Crippen MR) is 206 cm³/mol. The second kappa shape index (κ2) is 18.5. The van der Waals surface area contributed by atoms with E-state index in [2.05, 4.69) is 4.98 Å². The fourth-order valence-corrected chi connectivity index (χ4v) is 8.85. The Morgan fingerprint density at radius 3 is 2.33 bits per heavy atom. The van der Waals surface area contributed by atoms with E-state index >= 15 is 0 Å². The first-order valence-corrected chi connectivity index (χ1v) is 19.6. The lowest BCUT2D eigenvalue weighted by Crippen LogP contribution is -2.60. The van der Waals surface area contributed by atoms with E-state index in [1.54, 1.807) is 66.7 Å². The molecule has 14 atom stereocenters. The standard InChI is InChI=1S/C42H64N2O11/c1-12-33-42(8,50)30(18-20-52-39(49)29-17-19-43-31-16-14-13-15-28(29)31)25(4)34(45)23(2)22-41(7,51-11)37(26(5)35(46)27(6)38(48)54-33)55-40-36(47)32(44(9)10)21-24(3)53-40/h13-17,19,23-27,30,32-33,35-37,40,46-47,50H,12,18,20-22H2,1-11H3/t23-,24-,25?,26-,27-,30+,32+,33-,35+,36-,37-,40+,41-,42+/m1/s1. The highest BCUT2D eigenvalue weighted by molar-refractivity contribution is 6.03. The van der Waals surface area contributed by atoms with Gasteiger partial charge in [0.25, 0.3) is 0 Å². The van der Waals surface area contributed by atoms with Crippen LogP contribution in [0, 0.1) is 29.6 Å². The van der Waals surface area contributed by atoms with Crippen LogP contribution >= 0.6 is 0 Å². The third-order valence-electron chi connectivity index (χ3n) is 12.3. The summed E-state index contributed by atoms with van der Waals surface area (Å²) in [6.45, 7) is 13.7. The Hall–Kier alpha value is -3.04. The minimum atomic E-state index is -1.74. The topological polar surface area (TPSA) is 174 Å². The van der Waals surface area contributed by atoms with E-state index in [0.717, 1.165) is 0 Å². The molecule has 2 aromatic rings. The number of likely N-dealkylation sites (N-methyl/N-ethyl adjacent to an activating group) is 1. The van der Waals surface area contributed by atoms with E-state index in [1.165, 1.54) is 13.3 Å². The molecule has 308 valence electrons. The molecule has 13 nitrogen and oxygen atoms in total. The van der Waals surface area contributed by atoms with Crippen molar-refractivity contribution in [1.82, 2.24) is 9.88 Å². The van der Waals surface area contributed by atoms with Gasteiger partial charge < -0.3 is 43.9 Å². The number of rotatable bonds is 9. The second-order valence-corrected chi connectivity index (χ2v) is 16.5. The first-order chi connectivity index (χ1) is 25.8. The molecule has 3 N–H and O–H groups in total. The number of ether oxygens (including phenoxy) is 5. The third-order valence-corrected chi connectivity index (χ3v) is 12.3. The molecule has 0 saturated carbocycles. The van der Waals surface area contributed by atoms with Crippen LogP contribution in [-0.2, 0) is 33.3 Å². The highest BCUT2D eigenvalue weighted by Gasteiger charge is 2.52. The first kappa shape index (κ1) is 44.7.